The van der Waals surface area contributed by atoms with Gasteiger partial charge in [0.15, 0.2) is 0 Å². The fourth-order valence-electron chi connectivity index (χ4n) is 0.909. The average Bonchev–Trinajstić information content (AvgIpc) is 2.92. The van der Waals surface area contributed by atoms with E-state index in [0.29, 0.717) is 0 Å². The van der Waals surface area contributed by atoms with E-state index in [1.54, 1.807) is 35.8 Å². The summed E-state index contributed by atoms with van der Waals surface area (Å²) in [4.78, 5) is 9.71. The molecule has 74 valence electrons. The maximum atomic E-state index is 3.97. The van der Waals surface area contributed by atoms with Crippen LogP contribution in [0.25, 0.3) is 6.20 Å². The van der Waals surface area contributed by atoms with Crippen LogP contribution in [0.4, 0.5) is 0 Å². The van der Waals surface area contributed by atoms with Gasteiger partial charge in [-0.05, 0) is 6.20 Å². The van der Waals surface area contributed by atoms with Gasteiger partial charge in [0.05, 0.1) is 19.2 Å². The molecule has 0 bridgehead atoms. The van der Waals surface area contributed by atoms with Crippen LogP contribution in [-0.4, -0.2) is 33.9 Å². The third-order valence-electron chi connectivity index (χ3n) is 1.69. The van der Waals surface area contributed by atoms with Crippen LogP contribution < -0.4 is 0 Å². The molecule has 0 fully saturated rings. The average molecular weight is 190 g/mol. The Labute approximate surface area is 83.9 Å². The first-order valence-corrected chi connectivity index (χ1v) is 4.35. The van der Waals surface area contributed by atoms with Crippen LogP contribution >= 0.6 is 0 Å². The summed E-state index contributed by atoms with van der Waals surface area (Å²) in [5.41, 5.74) is 0. The summed E-state index contributed by atoms with van der Waals surface area (Å²) in [5, 5.41) is 0. The Morgan fingerprint density at radius 3 is 2.43 bits per heavy atom. The molecule has 2 heterocycles. The Morgan fingerprint density at radius 1 is 1.29 bits per heavy atom. The van der Waals surface area contributed by atoms with E-state index >= 15 is 0 Å². The van der Waals surface area contributed by atoms with Gasteiger partial charge in [-0.1, -0.05) is 13.2 Å². The van der Waals surface area contributed by atoms with Gasteiger partial charge >= 0.3 is 0 Å². The maximum absolute atomic E-state index is 3.97. The van der Waals surface area contributed by atoms with Gasteiger partial charge in [-0.15, -0.1) is 0 Å². The summed E-state index contributed by atoms with van der Waals surface area (Å²) >= 11 is 0. The number of imidazole rings is 1. The summed E-state index contributed by atoms with van der Waals surface area (Å²) in [5.74, 6) is 0. The van der Waals surface area contributed by atoms with E-state index in [2.05, 4.69) is 23.1 Å². The predicted octanol–water partition coefficient (Wildman–Crippen LogP) is 1.46. The second-order valence-electron chi connectivity index (χ2n) is 2.63. The number of hydrogen-bond donors (Lipinski definition) is 0. The Kier molecular flexibility index (Phi) is 4.20. The lowest BCUT2D eigenvalue weighted by atomic mass is 10.6. The van der Waals surface area contributed by atoms with Crippen LogP contribution in [0.1, 0.15) is 0 Å². The van der Waals surface area contributed by atoms with E-state index in [4.69, 9.17) is 0 Å². The standard InChI is InChI=1S/C5H8N2.C5H6N2/c2*1-2-7-4-3-6-5-7/h2,5H,1,3-4H2;2-5H,1H2. The van der Waals surface area contributed by atoms with E-state index in [1.165, 1.54) is 0 Å². The number of aromatic nitrogens is 2. The van der Waals surface area contributed by atoms with E-state index in [9.17, 15) is 0 Å². The van der Waals surface area contributed by atoms with E-state index in [1.807, 2.05) is 11.1 Å². The summed E-state index contributed by atoms with van der Waals surface area (Å²) in [7, 11) is 0. The predicted molar refractivity (Wildman–Crippen MR) is 58.9 cm³/mol. The van der Waals surface area contributed by atoms with Gasteiger partial charge in [0.25, 0.3) is 0 Å². The third kappa shape index (κ3) is 3.26. The summed E-state index contributed by atoms with van der Waals surface area (Å²) in [6, 6.07) is 0. The fraction of sp³-hybridized carbons (Fsp3) is 0.200. The maximum Gasteiger partial charge on any atom is 0.0986 e. The molecule has 1 aliphatic rings. The smallest absolute Gasteiger partial charge is 0.0986 e. The van der Waals surface area contributed by atoms with Crippen molar-refractivity contribution in [3.8, 4) is 0 Å². The van der Waals surface area contributed by atoms with E-state index in [-0.39, 0.29) is 0 Å². The molecule has 0 atom stereocenters. The highest BCUT2D eigenvalue weighted by Crippen LogP contribution is 1.90. The fourth-order valence-corrected chi connectivity index (χ4v) is 0.909. The van der Waals surface area contributed by atoms with Crippen LogP contribution in [0.3, 0.4) is 0 Å². The van der Waals surface area contributed by atoms with Gasteiger partial charge < -0.3 is 9.47 Å². The lowest BCUT2D eigenvalue weighted by Crippen LogP contribution is -2.09. The monoisotopic (exact) mass is 190 g/mol. The Bertz CT molecular complexity index is 300. The minimum atomic E-state index is 0.923. The highest BCUT2D eigenvalue weighted by molar-refractivity contribution is 5.58. The number of hydrogen-bond acceptors (Lipinski definition) is 3. The molecule has 1 aromatic heterocycles. The lowest BCUT2D eigenvalue weighted by molar-refractivity contribution is 0.626. The Hall–Kier alpha value is -1.84. The normalized spacial score (nSPS) is 13.3. The van der Waals surface area contributed by atoms with Gasteiger partial charge in [-0.3, -0.25) is 4.99 Å². The second-order valence-corrected chi connectivity index (χ2v) is 2.63. The molecule has 1 aliphatic heterocycles. The molecular formula is C10H14N4. The highest BCUT2D eigenvalue weighted by Gasteiger charge is 1.96. The SMILES string of the molecule is C=CN1C=NCC1.C=Cn1ccnc1. The van der Waals surface area contributed by atoms with Crippen LogP contribution in [0.15, 0.2) is 43.1 Å². The molecule has 0 unspecified atom stereocenters. The summed E-state index contributed by atoms with van der Waals surface area (Å²) < 4.78 is 1.78. The van der Waals surface area contributed by atoms with Gasteiger partial charge in [0, 0.05) is 25.1 Å². The zero-order valence-electron chi connectivity index (χ0n) is 8.08. The van der Waals surface area contributed by atoms with Crippen molar-refractivity contribution in [2.24, 2.45) is 4.99 Å². The molecular weight excluding hydrogens is 176 g/mol. The van der Waals surface area contributed by atoms with Crippen molar-refractivity contribution in [2.45, 2.75) is 0 Å². The molecule has 0 saturated heterocycles. The summed E-state index contributed by atoms with van der Waals surface area (Å²) in [6.07, 6.45) is 10.5. The van der Waals surface area contributed by atoms with Crippen molar-refractivity contribution in [2.75, 3.05) is 13.1 Å². The van der Waals surface area contributed by atoms with Crippen molar-refractivity contribution < 1.29 is 0 Å². The molecule has 0 saturated carbocycles. The van der Waals surface area contributed by atoms with Crippen molar-refractivity contribution >= 4 is 12.5 Å². The quantitative estimate of drug-likeness (QED) is 0.707. The van der Waals surface area contributed by atoms with Crippen molar-refractivity contribution in [1.82, 2.24) is 14.5 Å². The van der Waals surface area contributed by atoms with Gasteiger partial charge in [-0.25, -0.2) is 4.98 Å². The molecule has 14 heavy (non-hydrogen) atoms. The first kappa shape index (κ1) is 10.2. The number of aliphatic imine (C=N–C) groups is 1. The second kappa shape index (κ2) is 5.75. The molecule has 4 nitrogen and oxygen atoms in total. The molecule has 0 spiro atoms. The highest BCUT2D eigenvalue weighted by atomic mass is 15.2. The molecule has 0 amide bonds. The number of nitrogens with zero attached hydrogens (tertiary/aromatic N) is 4. The van der Waals surface area contributed by atoms with E-state index in [0.717, 1.165) is 13.1 Å². The topological polar surface area (TPSA) is 33.4 Å². The first-order valence-electron chi connectivity index (χ1n) is 4.35. The van der Waals surface area contributed by atoms with Crippen LogP contribution in [0, 0.1) is 0 Å². The van der Waals surface area contributed by atoms with Gasteiger partial charge in [-0.2, -0.15) is 0 Å². The Morgan fingerprint density at radius 2 is 2.14 bits per heavy atom. The molecule has 4 heteroatoms. The molecule has 1 aromatic rings. The molecule has 0 radical (unpaired) electrons. The van der Waals surface area contributed by atoms with Crippen LogP contribution in [-0.2, 0) is 0 Å². The zero-order valence-corrected chi connectivity index (χ0v) is 8.08. The van der Waals surface area contributed by atoms with Gasteiger partial charge in [0.2, 0.25) is 0 Å². The molecule has 2 rings (SSSR count). The molecule has 0 aliphatic carbocycles. The molecule has 0 aromatic carbocycles. The van der Waals surface area contributed by atoms with E-state index < -0.39 is 0 Å². The molecule has 0 N–H and O–H groups in total. The van der Waals surface area contributed by atoms with Crippen LogP contribution in [0.2, 0.25) is 0 Å². The van der Waals surface area contributed by atoms with Gasteiger partial charge in [0.1, 0.15) is 0 Å². The minimum Gasteiger partial charge on any atom is -0.338 e. The summed E-state index contributed by atoms with van der Waals surface area (Å²) in [6.45, 7) is 9.03. The third-order valence-corrected chi connectivity index (χ3v) is 1.69. The van der Waals surface area contributed by atoms with Crippen LogP contribution in [0.5, 0.6) is 0 Å². The minimum absolute atomic E-state index is 0.923. The van der Waals surface area contributed by atoms with Crippen molar-refractivity contribution in [1.29, 1.82) is 0 Å². The van der Waals surface area contributed by atoms with Crippen molar-refractivity contribution in [3.63, 3.8) is 0 Å². The Balaban J connectivity index is 0.000000140. The lowest BCUT2D eigenvalue weighted by Gasteiger charge is -2.02. The number of rotatable bonds is 2. The first-order chi connectivity index (χ1) is 6.86. The zero-order chi connectivity index (χ0) is 10.2. The largest absolute Gasteiger partial charge is 0.338 e. The van der Waals surface area contributed by atoms with Crippen molar-refractivity contribution in [3.05, 3.63) is 38.1 Å².